The van der Waals surface area contributed by atoms with E-state index in [-0.39, 0.29) is 18.3 Å². The average molecular weight is 374 g/mol. The summed E-state index contributed by atoms with van der Waals surface area (Å²) in [7, 11) is 1.58. The van der Waals surface area contributed by atoms with Crippen molar-refractivity contribution < 1.29 is 18.7 Å². The molecule has 1 N–H and O–H groups in total. The zero-order chi connectivity index (χ0) is 19.3. The molecule has 2 aromatic carbocycles. The third-order valence-corrected chi connectivity index (χ3v) is 4.21. The molecule has 0 aliphatic rings. The number of aromatic nitrogens is 1. The van der Waals surface area contributed by atoms with Crippen LogP contribution in [-0.2, 0) is 6.61 Å². The summed E-state index contributed by atoms with van der Waals surface area (Å²) in [4.78, 5) is 16.9. The lowest BCUT2D eigenvalue weighted by Gasteiger charge is -2.09. The third kappa shape index (κ3) is 3.66. The van der Waals surface area contributed by atoms with Crippen molar-refractivity contribution in [2.24, 2.45) is 0 Å². The average Bonchev–Trinajstić information content (AvgIpc) is 3.22. The van der Waals surface area contributed by atoms with Crippen LogP contribution in [0.2, 0.25) is 0 Å². The van der Waals surface area contributed by atoms with E-state index in [1.807, 2.05) is 54.6 Å². The molecule has 0 spiro atoms. The number of nitrogens with zero attached hydrogens (tertiary/aromatic N) is 1. The minimum atomic E-state index is -0.346. The van der Waals surface area contributed by atoms with Crippen LogP contribution in [0.15, 0.2) is 77.3 Å². The largest absolute Gasteiger partial charge is 0.493 e. The Morgan fingerprint density at radius 1 is 1.00 bits per heavy atom. The van der Waals surface area contributed by atoms with Gasteiger partial charge in [0.15, 0.2) is 17.3 Å². The molecule has 0 fully saturated rings. The van der Waals surface area contributed by atoms with E-state index in [9.17, 15) is 4.79 Å². The van der Waals surface area contributed by atoms with Crippen LogP contribution in [-0.4, -0.2) is 18.0 Å². The van der Waals surface area contributed by atoms with Gasteiger partial charge in [-0.1, -0.05) is 30.3 Å². The van der Waals surface area contributed by atoms with Crippen molar-refractivity contribution in [3.63, 3.8) is 0 Å². The molecule has 1 amide bonds. The Labute approximate surface area is 161 Å². The number of pyridine rings is 1. The molecule has 28 heavy (non-hydrogen) atoms. The van der Waals surface area contributed by atoms with Crippen molar-refractivity contribution in [3.8, 4) is 11.5 Å². The standard InChI is InChI=1S/C22H18N2O4/c1-26-18-9-2-3-10-19(18)27-14-16-11-12-20(28-16)22(25)24-17-8-4-6-15-7-5-13-23-21(15)17/h2-13H,14H2,1H3,(H,24,25). The first kappa shape index (κ1) is 17.6. The Kier molecular flexibility index (Phi) is 4.93. The second-order valence-electron chi connectivity index (χ2n) is 6.04. The van der Waals surface area contributed by atoms with Crippen molar-refractivity contribution in [2.45, 2.75) is 6.61 Å². The third-order valence-electron chi connectivity index (χ3n) is 4.21. The Morgan fingerprint density at radius 2 is 1.82 bits per heavy atom. The lowest BCUT2D eigenvalue weighted by molar-refractivity contribution is 0.0992. The molecule has 0 saturated carbocycles. The van der Waals surface area contributed by atoms with Gasteiger partial charge in [0.05, 0.1) is 18.3 Å². The molecule has 0 aliphatic heterocycles. The number of fused-ring (bicyclic) bond motifs is 1. The minimum absolute atomic E-state index is 0.184. The first-order valence-corrected chi connectivity index (χ1v) is 8.74. The number of ether oxygens (including phenoxy) is 2. The van der Waals surface area contributed by atoms with Gasteiger partial charge in [-0.05, 0) is 36.4 Å². The number of carbonyl (C=O) groups is 1. The van der Waals surface area contributed by atoms with Crippen molar-refractivity contribution in [2.75, 3.05) is 12.4 Å². The molecule has 0 atom stereocenters. The highest BCUT2D eigenvalue weighted by Gasteiger charge is 2.14. The molecule has 4 rings (SSSR count). The molecule has 0 unspecified atom stereocenters. The van der Waals surface area contributed by atoms with Crippen molar-refractivity contribution in [1.29, 1.82) is 0 Å². The fourth-order valence-corrected chi connectivity index (χ4v) is 2.85. The number of hydrogen-bond acceptors (Lipinski definition) is 5. The second-order valence-corrected chi connectivity index (χ2v) is 6.04. The molecule has 4 aromatic rings. The van der Waals surface area contributed by atoms with E-state index in [1.54, 1.807) is 25.4 Å². The van der Waals surface area contributed by atoms with E-state index < -0.39 is 0 Å². The highest BCUT2D eigenvalue weighted by atomic mass is 16.5. The van der Waals surface area contributed by atoms with Crippen LogP contribution >= 0.6 is 0 Å². The van der Waals surface area contributed by atoms with Crippen LogP contribution in [0.3, 0.4) is 0 Å². The lowest BCUT2D eigenvalue weighted by Crippen LogP contribution is -2.11. The number of rotatable bonds is 6. The Morgan fingerprint density at radius 3 is 2.68 bits per heavy atom. The van der Waals surface area contributed by atoms with Gasteiger partial charge in [0.25, 0.3) is 5.91 Å². The molecule has 140 valence electrons. The summed E-state index contributed by atoms with van der Waals surface area (Å²) in [6, 6.07) is 20.1. The van der Waals surface area contributed by atoms with E-state index in [0.29, 0.717) is 22.9 Å². The first-order valence-electron chi connectivity index (χ1n) is 8.74. The number of furan rings is 1. The smallest absolute Gasteiger partial charge is 0.291 e. The molecular formula is C22H18N2O4. The number of methoxy groups -OCH3 is 1. The Balaban J connectivity index is 1.45. The molecular weight excluding hydrogens is 356 g/mol. The number of hydrogen-bond donors (Lipinski definition) is 1. The fourth-order valence-electron chi connectivity index (χ4n) is 2.85. The zero-order valence-electron chi connectivity index (χ0n) is 15.2. The highest BCUT2D eigenvalue weighted by molar-refractivity contribution is 6.06. The van der Waals surface area contributed by atoms with Gasteiger partial charge in [0.1, 0.15) is 12.4 Å². The highest BCUT2D eigenvalue weighted by Crippen LogP contribution is 2.27. The molecule has 0 saturated heterocycles. The van der Waals surface area contributed by atoms with Gasteiger partial charge < -0.3 is 19.2 Å². The van der Waals surface area contributed by atoms with Crippen LogP contribution in [0, 0.1) is 0 Å². The second kappa shape index (κ2) is 7.84. The van der Waals surface area contributed by atoms with Gasteiger partial charge in [0.2, 0.25) is 0 Å². The fraction of sp³-hybridized carbons (Fsp3) is 0.0909. The first-order chi connectivity index (χ1) is 13.7. The van der Waals surface area contributed by atoms with E-state index in [4.69, 9.17) is 13.9 Å². The van der Waals surface area contributed by atoms with Gasteiger partial charge >= 0.3 is 0 Å². The Hall–Kier alpha value is -3.80. The molecule has 0 aliphatic carbocycles. The monoisotopic (exact) mass is 374 g/mol. The lowest BCUT2D eigenvalue weighted by atomic mass is 10.2. The number of amides is 1. The Bertz CT molecular complexity index is 1110. The summed E-state index contributed by atoms with van der Waals surface area (Å²) < 4.78 is 16.6. The van der Waals surface area contributed by atoms with Crippen LogP contribution in [0.1, 0.15) is 16.3 Å². The summed E-state index contributed by atoms with van der Waals surface area (Å²) in [5, 5.41) is 3.80. The van der Waals surface area contributed by atoms with Gasteiger partial charge in [-0.2, -0.15) is 0 Å². The predicted octanol–water partition coefficient (Wildman–Crippen LogP) is 4.67. The summed E-state index contributed by atoms with van der Waals surface area (Å²) >= 11 is 0. The molecule has 6 nitrogen and oxygen atoms in total. The van der Waals surface area contributed by atoms with E-state index in [0.717, 1.165) is 10.9 Å². The van der Waals surface area contributed by atoms with Crippen molar-refractivity contribution in [1.82, 2.24) is 4.98 Å². The van der Waals surface area contributed by atoms with E-state index in [2.05, 4.69) is 10.3 Å². The van der Waals surface area contributed by atoms with Crippen LogP contribution in [0.4, 0.5) is 5.69 Å². The van der Waals surface area contributed by atoms with Crippen molar-refractivity contribution >= 4 is 22.5 Å². The maximum atomic E-state index is 12.6. The van der Waals surface area contributed by atoms with Crippen LogP contribution in [0.5, 0.6) is 11.5 Å². The summed E-state index contributed by atoms with van der Waals surface area (Å²) in [5.41, 5.74) is 1.36. The molecule has 0 bridgehead atoms. The summed E-state index contributed by atoms with van der Waals surface area (Å²) in [6.07, 6.45) is 1.69. The predicted molar refractivity (Wildman–Crippen MR) is 106 cm³/mol. The van der Waals surface area contributed by atoms with Crippen molar-refractivity contribution in [3.05, 3.63) is 84.4 Å². The minimum Gasteiger partial charge on any atom is -0.493 e. The molecule has 6 heteroatoms. The quantitative estimate of drug-likeness (QED) is 0.531. The van der Waals surface area contributed by atoms with Crippen LogP contribution < -0.4 is 14.8 Å². The SMILES string of the molecule is COc1ccccc1OCc1ccc(C(=O)Nc2cccc3cccnc23)o1. The van der Waals surface area contributed by atoms with Gasteiger partial charge in [-0.25, -0.2) is 0 Å². The van der Waals surface area contributed by atoms with Gasteiger partial charge in [-0.3, -0.25) is 9.78 Å². The summed E-state index contributed by atoms with van der Waals surface area (Å²) in [5.74, 6) is 1.63. The number of carbonyl (C=O) groups excluding carboxylic acids is 1. The zero-order valence-corrected chi connectivity index (χ0v) is 15.2. The maximum absolute atomic E-state index is 12.6. The number of nitrogens with one attached hydrogen (secondary N) is 1. The number of benzene rings is 2. The number of anilines is 1. The van der Waals surface area contributed by atoms with E-state index >= 15 is 0 Å². The maximum Gasteiger partial charge on any atom is 0.291 e. The molecule has 2 heterocycles. The topological polar surface area (TPSA) is 73.6 Å². The van der Waals surface area contributed by atoms with Gasteiger partial charge in [0, 0.05) is 11.6 Å². The molecule has 2 aromatic heterocycles. The summed E-state index contributed by atoms with van der Waals surface area (Å²) in [6.45, 7) is 0.184. The van der Waals surface area contributed by atoms with E-state index in [1.165, 1.54) is 0 Å². The normalized spacial score (nSPS) is 10.6. The van der Waals surface area contributed by atoms with Crippen LogP contribution in [0.25, 0.3) is 10.9 Å². The van der Waals surface area contributed by atoms with Gasteiger partial charge in [-0.15, -0.1) is 0 Å². The molecule has 0 radical (unpaired) electrons. The number of para-hydroxylation sites is 3.